The molecule has 25 heavy (non-hydrogen) atoms. The second-order valence-corrected chi connectivity index (χ2v) is 6.67. The molecule has 1 amide bonds. The summed E-state index contributed by atoms with van der Waals surface area (Å²) in [5, 5.41) is 6.47. The van der Waals surface area contributed by atoms with Gasteiger partial charge in [0, 0.05) is 6.42 Å². The quantitative estimate of drug-likeness (QED) is 0.806. The third-order valence-electron chi connectivity index (χ3n) is 4.84. The zero-order valence-corrected chi connectivity index (χ0v) is 15.5. The number of nitrogens with one attached hydrogen (secondary N) is 2. The molecule has 3 nitrogen and oxygen atoms in total. The lowest BCUT2D eigenvalue weighted by molar-refractivity contribution is -0.122. The number of halogens is 1. The van der Waals surface area contributed by atoms with Gasteiger partial charge in [0.05, 0.1) is 6.04 Å². The lowest BCUT2D eigenvalue weighted by Gasteiger charge is -2.16. The van der Waals surface area contributed by atoms with Crippen LogP contribution in [0.3, 0.4) is 0 Å². The van der Waals surface area contributed by atoms with E-state index >= 15 is 0 Å². The second kappa shape index (κ2) is 9.59. The van der Waals surface area contributed by atoms with E-state index in [0.29, 0.717) is 12.3 Å². The van der Waals surface area contributed by atoms with Crippen LogP contribution in [-0.2, 0) is 4.79 Å². The predicted octanol–water partition coefficient (Wildman–Crippen LogP) is 4.34. The first-order chi connectivity index (χ1) is 11.7. The molecule has 1 fully saturated rings. The molecule has 1 aliphatic rings. The fraction of sp³-hybridized carbons (Fsp3) is 0.381. The number of carbonyl (C=O) groups is 1. The van der Waals surface area contributed by atoms with Crippen molar-refractivity contribution in [3.05, 3.63) is 60.2 Å². The first kappa shape index (κ1) is 19.5. The molecule has 0 spiro atoms. The van der Waals surface area contributed by atoms with Gasteiger partial charge in [-0.05, 0) is 55.5 Å². The molecule has 2 atom stereocenters. The maximum absolute atomic E-state index is 12.1. The fourth-order valence-electron chi connectivity index (χ4n) is 3.29. The van der Waals surface area contributed by atoms with Gasteiger partial charge in [-0.25, -0.2) is 0 Å². The Kier molecular flexibility index (Phi) is 7.48. The average Bonchev–Trinajstić information content (AvgIpc) is 3.14. The molecule has 0 saturated carbocycles. The lowest BCUT2D eigenvalue weighted by atomic mass is 10.0. The summed E-state index contributed by atoms with van der Waals surface area (Å²) < 4.78 is 0. The number of rotatable bonds is 6. The average molecular weight is 359 g/mol. The first-order valence-corrected chi connectivity index (χ1v) is 8.88. The molecule has 0 aliphatic carbocycles. The van der Waals surface area contributed by atoms with Crippen LogP contribution < -0.4 is 10.6 Å². The van der Waals surface area contributed by atoms with Crippen molar-refractivity contribution < 1.29 is 4.79 Å². The van der Waals surface area contributed by atoms with E-state index in [0.717, 1.165) is 25.1 Å². The fourth-order valence-corrected chi connectivity index (χ4v) is 3.29. The van der Waals surface area contributed by atoms with Gasteiger partial charge in [-0.1, -0.05) is 54.6 Å². The highest BCUT2D eigenvalue weighted by Gasteiger charge is 2.16. The van der Waals surface area contributed by atoms with E-state index in [1.807, 2.05) is 25.1 Å². The van der Waals surface area contributed by atoms with Gasteiger partial charge in [0.2, 0.25) is 5.91 Å². The molecule has 4 heteroatoms. The van der Waals surface area contributed by atoms with E-state index in [-0.39, 0.29) is 24.4 Å². The van der Waals surface area contributed by atoms with E-state index in [1.54, 1.807) is 0 Å². The van der Waals surface area contributed by atoms with Gasteiger partial charge in [0.15, 0.2) is 0 Å². The summed E-state index contributed by atoms with van der Waals surface area (Å²) in [6.07, 6.45) is 2.81. The second-order valence-electron chi connectivity index (χ2n) is 6.67. The van der Waals surface area contributed by atoms with Gasteiger partial charge in [-0.15, -0.1) is 12.4 Å². The van der Waals surface area contributed by atoms with Gasteiger partial charge < -0.3 is 10.6 Å². The molecule has 0 bridgehead atoms. The molecule has 1 saturated heterocycles. The third-order valence-corrected chi connectivity index (χ3v) is 4.84. The van der Waals surface area contributed by atoms with Crippen molar-refractivity contribution in [3.8, 4) is 11.1 Å². The zero-order valence-electron chi connectivity index (χ0n) is 14.7. The number of amides is 1. The normalized spacial score (nSPS) is 17.6. The van der Waals surface area contributed by atoms with Crippen molar-refractivity contribution in [1.29, 1.82) is 0 Å². The Bertz CT molecular complexity index is 651. The molecular weight excluding hydrogens is 332 g/mol. The van der Waals surface area contributed by atoms with Gasteiger partial charge in [0.1, 0.15) is 0 Å². The van der Waals surface area contributed by atoms with Gasteiger partial charge >= 0.3 is 0 Å². The van der Waals surface area contributed by atoms with Crippen molar-refractivity contribution in [1.82, 2.24) is 10.6 Å². The highest BCUT2D eigenvalue weighted by atomic mass is 35.5. The smallest absolute Gasteiger partial charge is 0.220 e. The Hall–Kier alpha value is -1.84. The highest BCUT2D eigenvalue weighted by Crippen LogP contribution is 2.22. The van der Waals surface area contributed by atoms with Gasteiger partial charge in [-0.3, -0.25) is 4.79 Å². The van der Waals surface area contributed by atoms with Crippen LogP contribution in [0.15, 0.2) is 54.6 Å². The van der Waals surface area contributed by atoms with Crippen LogP contribution in [0, 0.1) is 5.92 Å². The molecule has 134 valence electrons. The molecular formula is C21H27ClN2O. The molecule has 2 aromatic rings. The van der Waals surface area contributed by atoms with E-state index in [4.69, 9.17) is 0 Å². The minimum absolute atomic E-state index is 0. The molecule has 3 rings (SSSR count). The van der Waals surface area contributed by atoms with Crippen LogP contribution in [0.25, 0.3) is 11.1 Å². The monoisotopic (exact) mass is 358 g/mol. The van der Waals surface area contributed by atoms with Crippen molar-refractivity contribution in [2.75, 3.05) is 13.1 Å². The summed E-state index contributed by atoms with van der Waals surface area (Å²) in [6.45, 7) is 4.20. The number of hydrogen-bond acceptors (Lipinski definition) is 2. The van der Waals surface area contributed by atoms with Crippen LogP contribution in [0.2, 0.25) is 0 Å². The Morgan fingerprint density at radius 2 is 1.80 bits per heavy atom. The molecule has 1 heterocycles. The van der Waals surface area contributed by atoms with Crippen LogP contribution in [0.5, 0.6) is 0 Å². The molecule has 2 N–H and O–H groups in total. The molecule has 2 aromatic carbocycles. The van der Waals surface area contributed by atoms with Crippen molar-refractivity contribution in [3.63, 3.8) is 0 Å². The van der Waals surface area contributed by atoms with Crippen LogP contribution in [-0.4, -0.2) is 19.0 Å². The molecule has 0 radical (unpaired) electrons. The summed E-state index contributed by atoms with van der Waals surface area (Å²) in [6, 6.07) is 18.8. The maximum atomic E-state index is 12.1. The van der Waals surface area contributed by atoms with Gasteiger partial charge in [0.25, 0.3) is 0 Å². The molecule has 1 aliphatic heterocycles. The van der Waals surface area contributed by atoms with Crippen molar-refractivity contribution in [2.24, 2.45) is 5.92 Å². The van der Waals surface area contributed by atoms with Crippen molar-refractivity contribution >= 4 is 18.3 Å². The maximum Gasteiger partial charge on any atom is 0.220 e. The van der Waals surface area contributed by atoms with E-state index < -0.39 is 0 Å². The minimum Gasteiger partial charge on any atom is -0.350 e. The predicted molar refractivity (Wildman–Crippen MR) is 106 cm³/mol. The number of benzene rings is 2. The Morgan fingerprint density at radius 3 is 2.44 bits per heavy atom. The van der Waals surface area contributed by atoms with E-state index in [1.165, 1.54) is 17.5 Å². The highest BCUT2D eigenvalue weighted by molar-refractivity contribution is 5.85. The van der Waals surface area contributed by atoms with Crippen LogP contribution >= 0.6 is 12.4 Å². The van der Waals surface area contributed by atoms with Gasteiger partial charge in [-0.2, -0.15) is 0 Å². The number of hydrogen-bond donors (Lipinski definition) is 2. The van der Waals surface area contributed by atoms with E-state index in [9.17, 15) is 4.79 Å². The number of carbonyl (C=O) groups excluding carboxylic acids is 1. The standard InChI is InChI=1S/C21H26N2O.ClH/c1-16(23-21(24)12-7-17-13-14-22-15-17)18-8-10-20(11-9-18)19-5-3-2-4-6-19;/h2-6,8-11,16-17,22H,7,12-15H2,1H3,(H,23,24);1H. The summed E-state index contributed by atoms with van der Waals surface area (Å²) in [5.41, 5.74) is 3.56. The SMILES string of the molecule is CC(NC(=O)CCC1CCNC1)c1ccc(-c2ccccc2)cc1.Cl. The third kappa shape index (κ3) is 5.58. The first-order valence-electron chi connectivity index (χ1n) is 8.88. The topological polar surface area (TPSA) is 41.1 Å². The van der Waals surface area contributed by atoms with Crippen LogP contribution in [0.4, 0.5) is 0 Å². The summed E-state index contributed by atoms with van der Waals surface area (Å²) in [4.78, 5) is 12.1. The lowest BCUT2D eigenvalue weighted by Crippen LogP contribution is -2.27. The minimum atomic E-state index is 0. The summed E-state index contributed by atoms with van der Waals surface area (Å²) in [5.74, 6) is 0.817. The largest absolute Gasteiger partial charge is 0.350 e. The Balaban J connectivity index is 0.00000225. The van der Waals surface area contributed by atoms with Crippen molar-refractivity contribution in [2.45, 2.75) is 32.2 Å². The Morgan fingerprint density at radius 1 is 1.12 bits per heavy atom. The zero-order chi connectivity index (χ0) is 16.8. The van der Waals surface area contributed by atoms with Crippen LogP contribution in [0.1, 0.15) is 37.8 Å². The Labute approximate surface area is 156 Å². The molecule has 0 aromatic heterocycles. The summed E-state index contributed by atoms with van der Waals surface area (Å²) >= 11 is 0. The summed E-state index contributed by atoms with van der Waals surface area (Å²) in [7, 11) is 0. The van der Waals surface area contributed by atoms with E-state index in [2.05, 4.69) is 47.0 Å². The molecule has 2 unspecified atom stereocenters.